The number of ether oxygens (including phenoxy) is 1. The minimum absolute atomic E-state index is 0.0988. The summed E-state index contributed by atoms with van der Waals surface area (Å²) in [4.78, 5) is 14.3. The first kappa shape index (κ1) is 14.6. The Balaban J connectivity index is 1.86. The first-order valence-corrected chi connectivity index (χ1v) is 7.34. The molecule has 1 amide bonds. The number of amides is 1. The fourth-order valence-electron chi connectivity index (χ4n) is 2.74. The molecule has 116 valence electrons. The van der Waals surface area contributed by atoms with E-state index in [0.29, 0.717) is 24.3 Å². The van der Waals surface area contributed by atoms with Crippen molar-refractivity contribution >= 4 is 5.91 Å². The highest BCUT2D eigenvalue weighted by atomic mass is 16.5. The highest BCUT2D eigenvalue weighted by Gasteiger charge is 2.26. The van der Waals surface area contributed by atoms with Crippen LogP contribution in [0.15, 0.2) is 30.5 Å². The smallest absolute Gasteiger partial charge is 0.257 e. The van der Waals surface area contributed by atoms with Gasteiger partial charge in [-0.1, -0.05) is 0 Å². The summed E-state index contributed by atoms with van der Waals surface area (Å²) < 4.78 is 5.14. The molecule has 1 fully saturated rings. The first-order chi connectivity index (χ1) is 10.7. The number of aromatic amines is 1. The van der Waals surface area contributed by atoms with Crippen molar-refractivity contribution in [3.63, 3.8) is 0 Å². The number of carbonyl (C=O) groups excluding carboxylic acids is 1. The molecule has 1 aliphatic rings. The molecule has 2 heterocycles. The second-order valence-corrected chi connectivity index (χ2v) is 5.43. The molecular formula is C16H19N3O3. The number of nitrogens with one attached hydrogen (secondary N) is 1. The number of H-pyrrole nitrogens is 1. The average molecular weight is 301 g/mol. The Kier molecular flexibility index (Phi) is 4.11. The summed E-state index contributed by atoms with van der Waals surface area (Å²) in [5.74, 6) is 0.661. The van der Waals surface area contributed by atoms with Gasteiger partial charge in [0.15, 0.2) is 0 Å². The lowest BCUT2D eigenvalue weighted by atomic mass is 10.0. The van der Waals surface area contributed by atoms with Crippen molar-refractivity contribution in [1.82, 2.24) is 15.1 Å². The van der Waals surface area contributed by atoms with Gasteiger partial charge in [-0.05, 0) is 37.1 Å². The third kappa shape index (κ3) is 2.82. The second kappa shape index (κ2) is 6.19. The summed E-state index contributed by atoms with van der Waals surface area (Å²) in [5, 5.41) is 16.6. The van der Waals surface area contributed by atoms with Gasteiger partial charge in [0.05, 0.1) is 30.7 Å². The number of aliphatic hydroxyl groups excluding tert-OH is 1. The SMILES string of the molecule is COc1ccc(-c2[nH]ncc2C(=O)N2CCCC(O)C2)cc1. The molecule has 3 rings (SSSR count). The number of carbonyl (C=O) groups is 1. The van der Waals surface area contributed by atoms with Gasteiger partial charge in [0.1, 0.15) is 5.75 Å². The van der Waals surface area contributed by atoms with Crippen molar-refractivity contribution in [2.45, 2.75) is 18.9 Å². The number of aromatic nitrogens is 2. The van der Waals surface area contributed by atoms with Crippen LogP contribution in [0.4, 0.5) is 0 Å². The Bertz CT molecular complexity index is 651. The number of piperidine rings is 1. The fraction of sp³-hybridized carbons (Fsp3) is 0.375. The zero-order valence-electron chi connectivity index (χ0n) is 12.5. The van der Waals surface area contributed by atoms with E-state index in [1.165, 1.54) is 0 Å². The van der Waals surface area contributed by atoms with Gasteiger partial charge in [-0.2, -0.15) is 5.10 Å². The summed E-state index contributed by atoms with van der Waals surface area (Å²) >= 11 is 0. The van der Waals surface area contributed by atoms with Crippen LogP contribution >= 0.6 is 0 Å². The number of benzene rings is 1. The van der Waals surface area contributed by atoms with E-state index in [9.17, 15) is 9.90 Å². The van der Waals surface area contributed by atoms with Gasteiger partial charge in [-0.15, -0.1) is 0 Å². The molecule has 1 atom stereocenters. The van der Waals surface area contributed by atoms with Gasteiger partial charge in [-0.25, -0.2) is 0 Å². The zero-order chi connectivity index (χ0) is 15.5. The number of likely N-dealkylation sites (tertiary alicyclic amines) is 1. The van der Waals surface area contributed by atoms with Crippen LogP contribution in [0.3, 0.4) is 0 Å². The highest BCUT2D eigenvalue weighted by Crippen LogP contribution is 2.25. The lowest BCUT2D eigenvalue weighted by molar-refractivity contribution is 0.0474. The Labute approximate surface area is 128 Å². The molecule has 1 aliphatic heterocycles. The lowest BCUT2D eigenvalue weighted by Crippen LogP contribution is -2.42. The van der Waals surface area contributed by atoms with Gasteiger partial charge >= 0.3 is 0 Å². The molecule has 1 unspecified atom stereocenters. The van der Waals surface area contributed by atoms with Crippen molar-refractivity contribution in [2.24, 2.45) is 0 Å². The lowest BCUT2D eigenvalue weighted by Gasteiger charge is -2.30. The van der Waals surface area contributed by atoms with E-state index in [2.05, 4.69) is 10.2 Å². The number of hydrogen-bond donors (Lipinski definition) is 2. The van der Waals surface area contributed by atoms with E-state index in [4.69, 9.17) is 4.74 Å². The third-order valence-corrected chi connectivity index (χ3v) is 3.93. The molecule has 22 heavy (non-hydrogen) atoms. The number of β-amino-alcohol motifs (C(OH)–C–C–N with tert-alkyl or cyclic N) is 1. The van der Waals surface area contributed by atoms with Crippen molar-refractivity contribution in [3.8, 4) is 17.0 Å². The topological polar surface area (TPSA) is 78.5 Å². The molecule has 0 saturated carbocycles. The van der Waals surface area contributed by atoms with Crippen LogP contribution < -0.4 is 4.74 Å². The molecule has 2 N–H and O–H groups in total. The molecule has 1 aromatic heterocycles. The Hall–Kier alpha value is -2.34. The van der Waals surface area contributed by atoms with E-state index in [0.717, 1.165) is 24.2 Å². The van der Waals surface area contributed by atoms with Crippen molar-refractivity contribution in [2.75, 3.05) is 20.2 Å². The van der Waals surface area contributed by atoms with Crippen LogP contribution in [0.5, 0.6) is 5.75 Å². The van der Waals surface area contributed by atoms with Crippen LogP contribution in [-0.2, 0) is 0 Å². The largest absolute Gasteiger partial charge is 0.497 e. The standard InChI is InChI=1S/C16H19N3O3/c1-22-13-6-4-11(5-7-13)15-14(9-17-18-15)16(21)19-8-2-3-12(20)10-19/h4-7,9,12,20H,2-3,8,10H2,1H3,(H,17,18). The summed E-state index contributed by atoms with van der Waals surface area (Å²) in [6.45, 7) is 1.05. The first-order valence-electron chi connectivity index (χ1n) is 7.34. The van der Waals surface area contributed by atoms with E-state index >= 15 is 0 Å². The third-order valence-electron chi connectivity index (χ3n) is 3.93. The predicted molar refractivity (Wildman–Crippen MR) is 81.7 cm³/mol. The molecule has 0 radical (unpaired) electrons. The number of nitrogens with zero attached hydrogens (tertiary/aromatic N) is 2. The molecule has 6 nitrogen and oxygen atoms in total. The minimum atomic E-state index is -0.436. The zero-order valence-corrected chi connectivity index (χ0v) is 12.5. The summed E-state index contributed by atoms with van der Waals surface area (Å²) in [5.41, 5.74) is 2.09. The maximum atomic E-state index is 12.7. The maximum Gasteiger partial charge on any atom is 0.257 e. The average Bonchev–Trinajstić information content (AvgIpc) is 3.04. The normalized spacial score (nSPS) is 18.3. The quantitative estimate of drug-likeness (QED) is 0.904. The number of aliphatic hydroxyl groups is 1. The van der Waals surface area contributed by atoms with Gasteiger partial charge < -0.3 is 14.7 Å². The van der Waals surface area contributed by atoms with Gasteiger partial charge in [0, 0.05) is 18.7 Å². The van der Waals surface area contributed by atoms with Crippen molar-refractivity contribution in [3.05, 3.63) is 36.0 Å². The predicted octanol–water partition coefficient (Wildman–Crippen LogP) is 1.68. The second-order valence-electron chi connectivity index (χ2n) is 5.43. The van der Waals surface area contributed by atoms with E-state index < -0.39 is 6.10 Å². The van der Waals surface area contributed by atoms with Crippen LogP contribution in [0, 0.1) is 0 Å². The fourth-order valence-corrected chi connectivity index (χ4v) is 2.74. The number of hydrogen-bond acceptors (Lipinski definition) is 4. The summed E-state index contributed by atoms with van der Waals surface area (Å²) in [7, 11) is 1.61. The Morgan fingerprint density at radius 3 is 2.86 bits per heavy atom. The van der Waals surface area contributed by atoms with E-state index in [1.54, 1.807) is 18.2 Å². The van der Waals surface area contributed by atoms with Crippen LogP contribution in [0.2, 0.25) is 0 Å². The summed E-state index contributed by atoms with van der Waals surface area (Å²) in [6.07, 6.45) is 2.68. The molecule has 6 heteroatoms. The molecule has 0 spiro atoms. The molecule has 0 bridgehead atoms. The maximum absolute atomic E-state index is 12.7. The summed E-state index contributed by atoms with van der Waals surface area (Å²) in [6, 6.07) is 7.45. The minimum Gasteiger partial charge on any atom is -0.497 e. The number of rotatable bonds is 3. The van der Waals surface area contributed by atoms with Crippen LogP contribution in [-0.4, -0.2) is 52.4 Å². The van der Waals surface area contributed by atoms with Crippen LogP contribution in [0.25, 0.3) is 11.3 Å². The Morgan fingerprint density at radius 1 is 1.41 bits per heavy atom. The van der Waals surface area contributed by atoms with E-state index in [1.807, 2.05) is 24.3 Å². The molecule has 1 saturated heterocycles. The molecular weight excluding hydrogens is 282 g/mol. The van der Waals surface area contributed by atoms with Crippen LogP contribution in [0.1, 0.15) is 23.2 Å². The van der Waals surface area contributed by atoms with Gasteiger partial charge in [0.25, 0.3) is 5.91 Å². The van der Waals surface area contributed by atoms with Crippen molar-refractivity contribution in [1.29, 1.82) is 0 Å². The number of methoxy groups -OCH3 is 1. The monoisotopic (exact) mass is 301 g/mol. The Morgan fingerprint density at radius 2 is 2.18 bits per heavy atom. The molecule has 2 aromatic rings. The van der Waals surface area contributed by atoms with E-state index in [-0.39, 0.29) is 5.91 Å². The molecule has 0 aliphatic carbocycles. The highest BCUT2D eigenvalue weighted by molar-refractivity contribution is 5.99. The molecule has 1 aromatic carbocycles. The van der Waals surface area contributed by atoms with Crippen molar-refractivity contribution < 1.29 is 14.6 Å². The van der Waals surface area contributed by atoms with Gasteiger partial charge in [0.2, 0.25) is 0 Å². The van der Waals surface area contributed by atoms with Gasteiger partial charge in [-0.3, -0.25) is 9.89 Å².